The Morgan fingerprint density at radius 3 is 2.81 bits per heavy atom. The Balaban J connectivity index is 2.23. The number of benzene rings is 1. The maximum atomic E-state index is 13.3. The van der Waals surface area contributed by atoms with Gasteiger partial charge in [-0.3, -0.25) is 9.59 Å². The van der Waals surface area contributed by atoms with Gasteiger partial charge in [-0.15, -0.1) is 0 Å². The van der Waals surface area contributed by atoms with Crippen LogP contribution in [0.5, 0.6) is 0 Å². The summed E-state index contributed by atoms with van der Waals surface area (Å²) in [7, 11) is 0. The standard InChI is InChI=1S/C15H18ClFN2O2/c1-9(2)14-15(21)19(6-5-13(20)18-14)8-10-7-11(17)3-4-12(10)16/h3-4,7,9,14H,5-6,8H2,1-2H3,(H,18,20). The van der Waals surface area contributed by atoms with Crippen LogP contribution in [0.1, 0.15) is 25.8 Å². The summed E-state index contributed by atoms with van der Waals surface area (Å²) in [4.78, 5) is 25.8. The van der Waals surface area contributed by atoms with Gasteiger partial charge in [-0.25, -0.2) is 4.39 Å². The molecule has 0 radical (unpaired) electrons. The lowest BCUT2D eigenvalue weighted by Gasteiger charge is -2.26. The predicted molar refractivity (Wildman–Crippen MR) is 78.2 cm³/mol. The number of carbonyl (C=O) groups excluding carboxylic acids is 2. The Labute approximate surface area is 128 Å². The van der Waals surface area contributed by atoms with Gasteiger partial charge in [-0.2, -0.15) is 0 Å². The summed E-state index contributed by atoms with van der Waals surface area (Å²) in [6.45, 7) is 4.26. The summed E-state index contributed by atoms with van der Waals surface area (Å²) in [5.74, 6) is -0.706. The minimum Gasteiger partial charge on any atom is -0.344 e. The number of amides is 2. The Morgan fingerprint density at radius 2 is 2.14 bits per heavy atom. The molecule has 0 bridgehead atoms. The molecule has 21 heavy (non-hydrogen) atoms. The molecule has 0 aliphatic carbocycles. The fourth-order valence-corrected chi connectivity index (χ4v) is 2.51. The monoisotopic (exact) mass is 312 g/mol. The SMILES string of the molecule is CC(C)C1NC(=O)CCN(Cc2cc(F)ccc2Cl)C1=O. The van der Waals surface area contributed by atoms with Gasteiger partial charge in [-0.05, 0) is 29.7 Å². The molecule has 1 saturated heterocycles. The predicted octanol–water partition coefficient (Wildman–Crippen LogP) is 2.35. The first-order chi connectivity index (χ1) is 9.88. The van der Waals surface area contributed by atoms with Gasteiger partial charge in [0.15, 0.2) is 0 Å². The summed E-state index contributed by atoms with van der Waals surface area (Å²) in [5, 5.41) is 3.14. The second-order valence-corrected chi connectivity index (χ2v) is 5.94. The van der Waals surface area contributed by atoms with E-state index in [0.29, 0.717) is 17.1 Å². The summed E-state index contributed by atoms with van der Waals surface area (Å²) in [5.41, 5.74) is 0.543. The molecule has 1 unspecified atom stereocenters. The zero-order chi connectivity index (χ0) is 15.6. The second-order valence-electron chi connectivity index (χ2n) is 5.53. The Kier molecular flexibility index (Phi) is 4.83. The molecule has 2 rings (SSSR count). The van der Waals surface area contributed by atoms with Crippen LogP contribution in [0.15, 0.2) is 18.2 Å². The lowest BCUT2D eigenvalue weighted by Crippen LogP contribution is -2.47. The maximum absolute atomic E-state index is 13.3. The molecule has 114 valence electrons. The van der Waals surface area contributed by atoms with Crippen molar-refractivity contribution in [2.24, 2.45) is 5.92 Å². The van der Waals surface area contributed by atoms with Crippen molar-refractivity contribution in [3.63, 3.8) is 0 Å². The lowest BCUT2D eigenvalue weighted by molar-refractivity contribution is -0.135. The molecule has 1 aliphatic heterocycles. The third-order valence-corrected chi connectivity index (χ3v) is 3.91. The molecular formula is C15H18ClFN2O2. The molecule has 1 aliphatic rings. The molecule has 2 amide bonds. The van der Waals surface area contributed by atoms with E-state index in [4.69, 9.17) is 11.6 Å². The highest BCUT2D eigenvalue weighted by atomic mass is 35.5. The fraction of sp³-hybridized carbons (Fsp3) is 0.467. The van der Waals surface area contributed by atoms with Crippen molar-refractivity contribution in [2.45, 2.75) is 32.9 Å². The molecule has 1 fully saturated rings. The number of nitrogens with zero attached hydrogens (tertiary/aromatic N) is 1. The molecule has 4 nitrogen and oxygen atoms in total. The van der Waals surface area contributed by atoms with Gasteiger partial charge in [0.25, 0.3) is 0 Å². The summed E-state index contributed by atoms with van der Waals surface area (Å²) >= 11 is 6.04. The highest BCUT2D eigenvalue weighted by Gasteiger charge is 2.32. The largest absolute Gasteiger partial charge is 0.344 e. The molecule has 1 aromatic carbocycles. The van der Waals surface area contributed by atoms with E-state index in [-0.39, 0.29) is 30.7 Å². The van der Waals surface area contributed by atoms with Crippen LogP contribution in [0.2, 0.25) is 5.02 Å². The van der Waals surface area contributed by atoms with Crippen molar-refractivity contribution in [1.82, 2.24) is 10.2 Å². The molecule has 0 spiro atoms. The average molecular weight is 313 g/mol. The van der Waals surface area contributed by atoms with Gasteiger partial charge in [0.05, 0.1) is 0 Å². The smallest absolute Gasteiger partial charge is 0.245 e. The van der Waals surface area contributed by atoms with Crippen LogP contribution in [0.3, 0.4) is 0 Å². The van der Waals surface area contributed by atoms with Crippen molar-refractivity contribution < 1.29 is 14.0 Å². The van der Waals surface area contributed by atoms with E-state index in [1.165, 1.54) is 18.2 Å². The first kappa shape index (κ1) is 15.8. The van der Waals surface area contributed by atoms with Crippen molar-refractivity contribution in [3.05, 3.63) is 34.6 Å². The molecule has 1 heterocycles. The van der Waals surface area contributed by atoms with E-state index < -0.39 is 11.9 Å². The lowest BCUT2D eigenvalue weighted by atomic mass is 10.0. The van der Waals surface area contributed by atoms with Gasteiger partial charge < -0.3 is 10.2 Å². The summed E-state index contributed by atoms with van der Waals surface area (Å²) in [6.07, 6.45) is 0.238. The van der Waals surface area contributed by atoms with E-state index in [1.807, 2.05) is 13.8 Å². The number of hydrogen-bond donors (Lipinski definition) is 1. The van der Waals surface area contributed by atoms with E-state index in [1.54, 1.807) is 4.90 Å². The molecule has 0 aromatic heterocycles. The van der Waals surface area contributed by atoms with Crippen LogP contribution in [0.25, 0.3) is 0 Å². The highest BCUT2D eigenvalue weighted by molar-refractivity contribution is 6.31. The summed E-state index contributed by atoms with van der Waals surface area (Å²) in [6, 6.07) is 3.52. The van der Waals surface area contributed by atoms with E-state index >= 15 is 0 Å². The van der Waals surface area contributed by atoms with Crippen molar-refractivity contribution in [2.75, 3.05) is 6.54 Å². The van der Waals surface area contributed by atoms with Crippen LogP contribution in [0.4, 0.5) is 4.39 Å². The number of hydrogen-bond acceptors (Lipinski definition) is 2. The average Bonchev–Trinajstić information content (AvgIpc) is 2.56. The third-order valence-electron chi connectivity index (χ3n) is 3.54. The molecular weight excluding hydrogens is 295 g/mol. The quantitative estimate of drug-likeness (QED) is 0.931. The molecule has 1 N–H and O–H groups in total. The maximum Gasteiger partial charge on any atom is 0.245 e. The van der Waals surface area contributed by atoms with Gasteiger partial charge >= 0.3 is 0 Å². The van der Waals surface area contributed by atoms with E-state index in [0.717, 1.165) is 0 Å². The minimum atomic E-state index is -0.549. The Morgan fingerprint density at radius 1 is 1.43 bits per heavy atom. The molecule has 1 aromatic rings. The third kappa shape index (κ3) is 3.73. The minimum absolute atomic E-state index is 0.00923. The highest BCUT2D eigenvalue weighted by Crippen LogP contribution is 2.21. The van der Waals surface area contributed by atoms with Crippen molar-refractivity contribution >= 4 is 23.4 Å². The Hall–Kier alpha value is -1.62. The van der Waals surface area contributed by atoms with Crippen LogP contribution in [-0.4, -0.2) is 29.3 Å². The molecule has 0 saturated carbocycles. The van der Waals surface area contributed by atoms with Crippen LogP contribution >= 0.6 is 11.6 Å². The first-order valence-corrected chi connectivity index (χ1v) is 7.28. The molecule has 1 atom stereocenters. The first-order valence-electron chi connectivity index (χ1n) is 6.90. The zero-order valence-electron chi connectivity index (χ0n) is 12.0. The fourth-order valence-electron chi connectivity index (χ4n) is 2.33. The number of rotatable bonds is 3. The van der Waals surface area contributed by atoms with Crippen LogP contribution in [0, 0.1) is 11.7 Å². The van der Waals surface area contributed by atoms with E-state index in [9.17, 15) is 14.0 Å². The van der Waals surface area contributed by atoms with E-state index in [2.05, 4.69) is 5.32 Å². The van der Waals surface area contributed by atoms with Crippen molar-refractivity contribution in [1.29, 1.82) is 0 Å². The number of carbonyl (C=O) groups is 2. The second kappa shape index (κ2) is 6.43. The number of halogens is 2. The number of nitrogens with one attached hydrogen (secondary N) is 1. The van der Waals surface area contributed by atoms with Gasteiger partial charge in [0.2, 0.25) is 11.8 Å². The summed E-state index contributed by atoms with van der Waals surface area (Å²) < 4.78 is 13.3. The van der Waals surface area contributed by atoms with Crippen LogP contribution < -0.4 is 5.32 Å². The van der Waals surface area contributed by atoms with Crippen molar-refractivity contribution in [3.8, 4) is 0 Å². The van der Waals surface area contributed by atoms with Gasteiger partial charge in [-0.1, -0.05) is 25.4 Å². The zero-order valence-corrected chi connectivity index (χ0v) is 12.8. The van der Waals surface area contributed by atoms with Gasteiger partial charge in [0.1, 0.15) is 11.9 Å². The molecule has 6 heteroatoms. The van der Waals surface area contributed by atoms with Crippen LogP contribution in [-0.2, 0) is 16.1 Å². The topological polar surface area (TPSA) is 49.4 Å². The normalized spacial score (nSPS) is 19.7. The Bertz CT molecular complexity index is 563. The van der Waals surface area contributed by atoms with Gasteiger partial charge in [0, 0.05) is 24.5 Å².